The van der Waals surface area contributed by atoms with Crippen molar-refractivity contribution >= 4 is 38.9 Å². The summed E-state index contributed by atoms with van der Waals surface area (Å²) >= 11 is 0. The Morgan fingerprint density at radius 3 is 2.00 bits per heavy atom. The molecule has 47 heavy (non-hydrogen) atoms. The van der Waals surface area contributed by atoms with E-state index in [1.165, 1.54) is 0 Å². The van der Waals surface area contributed by atoms with Crippen LogP contribution in [-0.4, -0.2) is 55.9 Å². The Bertz CT molecular complexity index is 1540. The van der Waals surface area contributed by atoms with Crippen molar-refractivity contribution in [2.75, 3.05) is 6.54 Å². The summed E-state index contributed by atoms with van der Waals surface area (Å²) in [7, 11) is -1.52. The van der Waals surface area contributed by atoms with E-state index in [0.717, 1.165) is 16.7 Å². The molecule has 2 unspecified atom stereocenters. The largest absolute Gasteiger partial charge is 0.444 e. The van der Waals surface area contributed by atoms with Gasteiger partial charge in [-0.05, 0) is 50.3 Å². The number of rotatable bonds is 11. The zero-order valence-corrected chi connectivity index (χ0v) is 29.1. The lowest BCUT2D eigenvalue weighted by Gasteiger charge is -2.62. The molecule has 4 rings (SSSR count). The number of alkyl carbamates (subject to hydrolysis) is 1. The third-order valence-corrected chi connectivity index (χ3v) is 11.3. The van der Waals surface area contributed by atoms with E-state index in [4.69, 9.17) is 9.47 Å². The highest BCUT2D eigenvalue weighted by Gasteiger charge is 2.62. The number of amides is 3. The van der Waals surface area contributed by atoms with Crippen molar-refractivity contribution in [2.24, 2.45) is 4.99 Å². The maximum absolute atomic E-state index is 13.9. The number of nitrogens with one attached hydrogen (secondary N) is 2. The molecule has 3 aromatic carbocycles. The van der Waals surface area contributed by atoms with Crippen molar-refractivity contribution in [2.45, 2.75) is 76.5 Å². The Morgan fingerprint density at radius 1 is 0.894 bits per heavy atom. The molecule has 1 saturated heterocycles. The lowest BCUT2D eigenvalue weighted by atomic mass is 9.78. The molecule has 9 nitrogen and oxygen atoms in total. The molecule has 10 heteroatoms. The van der Waals surface area contributed by atoms with Gasteiger partial charge in [0.2, 0.25) is 11.9 Å². The molecule has 1 aliphatic rings. The molecule has 3 amide bonds. The van der Waals surface area contributed by atoms with Crippen molar-refractivity contribution < 1.29 is 23.9 Å². The fourth-order valence-electron chi connectivity index (χ4n) is 5.92. The summed E-state index contributed by atoms with van der Waals surface area (Å²) in [5, 5.41) is 5.16. The van der Waals surface area contributed by atoms with Gasteiger partial charge in [-0.15, -0.1) is 4.99 Å². The van der Waals surface area contributed by atoms with Crippen LogP contribution in [0.25, 0.3) is 6.08 Å². The van der Waals surface area contributed by atoms with Crippen LogP contribution in [0.2, 0.25) is 18.1 Å². The summed E-state index contributed by atoms with van der Waals surface area (Å²) in [5.41, 5.74) is 2.41. The third-order valence-electron chi connectivity index (χ3n) is 8.35. The number of hydrogen-bond donors (Lipinski definition) is 2. The first kappa shape index (κ1) is 35.2. The summed E-state index contributed by atoms with van der Waals surface area (Å²) in [6, 6.07) is 28.6. The van der Waals surface area contributed by atoms with Gasteiger partial charge in [-0.25, -0.2) is 9.59 Å². The molecule has 0 saturated carbocycles. The second-order valence-electron chi connectivity index (χ2n) is 13.0. The first-order chi connectivity index (χ1) is 22.5. The smallest absolute Gasteiger partial charge is 0.437 e. The van der Waals surface area contributed by atoms with E-state index in [1.54, 1.807) is 0 Å². The summed E-state index contributed by atoms with van der Waals surface area (Å²) in [4.78, 5) is 45.2. The van der Waals surface area contributed by atoms with Crippen molar-refractivity contribution in [3.8, 4) is 0 Å². The first-order valence-electron chi connectivity index (χ1n) is 16.1. The number of β-lactam (4-membered cyclic amide) rings is 1. The van der Waals surface area contributed by atoms with Gasteiger partial charge in [0.15, 0.2) is 0 Å². The molecule has 0 radical (unpaired) electrons. The predicted molar refractivity (Wildman–Crippen MR) is 188 cm³/mol. The minimum Gasteiger partial charge on any atom is -0.444 e. The number of nitrogens with zero attached hydrogens (tertiary/aromatic N) is 2. The van der Waals surface area contributed by atoms with Gasteiger partial charge in [-0.3, -0.25) is 10.1 Å². The Balaban J connectivity index is 1.44. The Hall–Kier alpha value is -4.70. The third kappa shape index (κ3) is 9.42. The molecule has 0 spiro atoms. The highest BCUT2D eigenvalue weighted by molar-refractivity contribution is 6.65. The number of hydrogen-bond acceptors (Lipinski definition) is 5. The Kier molecular flexibility index (Phi) is 12.1. The highest BCUT2D eigenvalue weighted by atomic mass is 28.3. The van der Waals surface area contributed by atoms with Gasteiger partial charge in [0.25, 0.3) is 0 Å². The molecule has 1 fully saturated rings. The van der Waals surface area contributed by atoms with Gasteiger partial charge in [-0.1, -0.05) is 116 Å². The zero-order chi connectivity index (χ0) is 33.9. The van der Waals surface area contributed by atoms with Crippen LogP contribution < -0.4 is 10.6 Å². The van der Waals surface area contributed by atoms with E-state index in [-0.39, 0.29) is 36.7 Å². The first-order valence-corrected chi connectivity index (χ1v) is 19.0. The van der Waals surface area contributed by atoms with Crippen molar-refractivity contribution in [1.29, 1.82) is 0 Å². The highest BCUT2D eigenvalue weighted by Crippen LogP contribution is 2.55. The molecule has 1 aliphatic heterocycles. The predicted octanol–water partition coefficient (Wildman–Crippen LogP) is 6.93. The summed E-state index contributed by atoms with van der Waals surface area (Å²) in [6.07, 6.45) is 3.95. The van der Waals surface area contributed by atoms with Crippen molar-refractivity contribution in [3.05, 3.63) is 114 Å². The maximum Gasteiger partial charge on any atom is 0.437 e. The average molecular weight is 655 g/mol. The fourth-order valence-corrected chi connectivity index (χ4v) is 8.28. The maximum atomic E-state index is 13.9. The van der Waals surface area contributed by atoms with E-state index < -0.39 is 26.0 Å². The van der Waals surface area contributed by atoms with Gasteiger partial charge < -0.3 is 19.7 Å². The number of aliphatic imine (C=N–C) groups is 1. The van der Waals surface area contributed by atoms with E-state index in [1.807, 2.05) is 83.8 Å². The SMILES string of the molecule is C[SiH](C)C1(CCCNC(=NC(=O)OCc2ccccc2)NC(=O)OCc2ccccc2)C(=O)N(C(C)(C)C)C1C=Cc1ccccc1. The fraction of sp³-hybridized carbons (Fsp3) is 0.351. The zero-order valence-electron chi connectivity index (χ0n) is 27.9. The summed E-state index contributed by atoms with van der Waals surface area (Å²) in [6.45, 7) is 11.1. The second-order valence-corrected chi connectivity index (χ2v) is 16.3. The van der Waals surface area contributed by atoms with Gasteiger partial charge in [-0.2, -0.15) is 0 Å². The molecule has 0 aromatic heterocycles. The van der Waals surface area contributed by atoms with Crippen LogP contribution in [0.3, 0.4) is 0 Å². The molecular weight excluding hydrogens is 609 g/mol. The molecule has 1 heterocycles. The normalized spacial score (nSPS) is 18.2. The number of benzene rings is 3. The Labute approximate surface area is 279 Å². The van der Waals surface area contributed by atoms with Crippen LogP contribution in [0.5, 0.6) is 0 Å². The van der Waals surface area contributed by atoms with Crippen LogP contribution >= 0.6 is 0 Å². The van der Waals surface area contributed by atoms with Crippen molar-refractivity contribution in [1.82, 2.24) is 15.5 Å². The van der Waals surface area contributed by atoms with Gasteiger partial charge >= 0.3 is 12.2 Å². The van der Waals surface area contributed by atoms with Gasteiger partial charge in [0.05, 0.1) is 19.9 Å². The summed E-state index contributed by atoms with van der Waals surface area (Å²) in [5.74, 6) is 0.115. The van der Waals surface area contributed by atoms with Crippen LogP contribution in [0.1, 0.15) is 50.3 Å². The van der Waals surface area contributed by atoms with E-state index >= 15 is 0 Å². The van der Waals surface area contributed by atoms with Crippen LogP contribution in [0.4, 0.5) is 9.59 Å². The van der Waals surface area contributed by atoms with E-state index in [0.29, 0.717) is 19.4 Å². The molecule has 0 bridgehead atoms. The quantitative estimate of drug-likeness (QED) is 0.0764. The average Bonchev–Trinajstić information content (AvgIpc) is 3.05. The van der Waals surface area contributed by atoms with Crippen LogP contribution in [-0.2, 0) is 27.5 Å². The molecular formula is C37H46N4O5Si. The standard InChI is InChI=1S/C37H46N4O5Si/c1-36(2,3)41-31(23-22-28-16-9-6-10-17-28)37(32(41)42,47(4)5)24-15-25-38-33(39-34(43)45-26-29-18-11-7-12-19-29)40-35(44)46-27-30-20-13-8-14-21-30/h6-14,16-23,31,47H,15,24-27H2,1-5H3,(H2,38,39,40,43,44). The van der Waals surface area contributed by atoms with Crippen LogP contribution in [0, 0.1) is 0 Å². The number of likely N-dealkylation sites (tertiary alicyclic amines) is 1. The second kappa shape index (κ2) is 16.2. The molecule has 2 N–H and O–H groups in total. The number of carbonyl (C=O) groups is 3. The van der Waals surface area contributed by atoms with E-state index in [2.05, 4.69) is 73.8 Å². The molecule has 0 aliphatic carbocycles. The lowest BCUT2D eigenvalue weighted by molar-refractivity contribution is -0.160. The molecule has 2 atom stereocenters. The lowest BCUT2D eigenvalue weighted by Crippen LogP contribution is -2.72. The number of carbonyl (C=O) groups excluding carboxylic acids is 3. The van der Waals surface area contributed by atoms with Crippen molar-refractivity contribution in [3.63, 3.8) is 0 Å². The summed E-state index contributed by atoms with van der Waals surface area (Å²) < 4.78 is 10.7. The van der Waals surface area contributed by atoms with E-state index in [9.17, 15) is 14.4 Å². The number of ether oxygens (including phenoxy) is 2. The van der Waals surface area contributed by atoms with Crippen LogP contribution in [0.15, 0.2) is 102 Å². The minimum absolute atomic E-state index is 0.0333. The monoisotopic (exact) mass is 654 g/mol. The van der Waals surface area contributed by atoms with Gasteiger partial charge in [0, 0.05) is 12.1 Å². The van der Waals surface area contributed by atoms with Gasteiger partial charge in [0.1, 0.15) is 13.2 Å². The number of guanidine groups is 1. The molecule has 3 aromatic rings. The molecule has 248 valence electrons. The minimum atomic E-state index is -1.52. The topological polar surface area (TPSA) is 109 Å². The Morgan fingerprint density at radius 2 is 1.45 bits per heavy atom.